The van der Waals surface area contributed by atoms with Gasteiger partial charge in [0, 0.05) is 0 Å². The largest absolute Gasteiger partial charge is 0.265 e. The number of hydrogen-bond donors (Lipinski definition) is 1. The van der Waals surface area contributed by atoms with Gasteiger partial charge < -0.3 is 0 Å². The topological polar surface area (TPSA) is 55.4 Å². The Morgan fingerprint density at radius 1 is 1.30 bits per heavy atom. The van der Waals surface area contributed by atoms with Gasteiger partial charge in [0.2, 0.25) is 9.84 Å². The number of sulfone groups is 1. The van der Waals surface area contributed by atoms with Crippen LogP contribution in [0.3, 0.4) is 0 Å². The quantitative estimate of drug-likeness (QED) is 0.869. The molecule has 0 aliphatic carbocycles. The first-order chi connectivity index (χ1) is 9.15. The number of alkyl halides is 1. The number of rotatable bonds is 3. The minimum Gasteiger partial charge on any atom is -0.265 e. The van der Waals surface area contributed by atoms with Crippen molar-refractivity contribution in [2.45, 2.75) is 24.2 Å². The van der Waals surface area contributed by atoms with Gasteiger partial charge in [0.05, 0.1) is 5.56 Å². The summed E-state index contributed by atoms with van der Waals surface area (Å²) in [5.74, 6) is -2.04. The van der Waals surface area contributed by atoms with E-state index in [9.17, 15) is 17.2 Å². The zero-order valence-electron chi connectivity index (χ0n) is 10.7. The molecular weight excluding hydrogens is 312 g/mol. The highest BCUT2D eigenvalue weighted by molar-refractivity contribution is 7.96. The Balaban J connectivity index is 2.46. The fourth-order valence-electron chi connectivity index (χ4n) is 1.69. The number of hydroxylamine groups is 1. The third kappa shape index (κ3) is 2.65. The minimum absolute atomic E-state index is 0.315. The van der Waals surface area contributed by atoms with E-state index < -0.39 is 37.3 Å². The van der Waals surface area contributed by atoms with Crippen LogP contribution in [0.25, 0.3) is 0 Å². The van der Waals surface area contributed by atoms with Gasteiger partial charge in [0.25, 0.3) is 0 Å². The van der Waals surface area contributed by atoms with E-state index in [4.69, 9.17) is 16.4 Å². The highest BCUT2D eigenvalue weighted by Gasteiger charge is 2.38. The van der Waals surface area contributed by atoms with Crippen LogP contribution in [0.5, 0.6) is 0 Å². The molecule has 1 unspecified atom stereocenters. The summed E-state index contributed by atoms with van der Waals surface area (Å²) in [7, 11) is -4.20. The van der Waals surface area contributed by atoms with Crippen molar-refractivity contribution in [1.29, 1.82) is 0 Å². The Labute approximate surface area is 120 Å². The van der Waals surface area contributed by atoms with Crippen LogP contribution in [-0.4, -0.2) is 14.0 Å². The van der Waals surface area contributed by atoms with E-state index in [1.165, 1.54) is 6.08 Å². The molecule has 1 atom stereocenters. The molecule has 1 aliphatic rings. The summed E-state index contributed by atoms with van der Waals surface area (Å²) in [4.78, 5) is 5.02. The second-order valence-electron chi connectivity index (χ2n) is 4.81. The summed E-state index contributed by atoms with van der Waals surface area (Å²) in [6.45, 7) is 3.24. The molecule has 110 valence electrons. The molecule has 1 aromatic carbocycles. The summed E-state index contributed by atoms with van der Waals surface area (Å²) in [6.07, 6.45) is 1.29. The van der Waals surface area contributed by atoms with Crippen LogP contribution in [0.2, 0.25) is 0 Å². The van der Waals surface area contributed by atoms with Crippen LogP contribution in [0.4, 0.5) is 8.78 Å². The molecule has 1 heterocycles. The second kappa shape index (κ2) is 4.98. The van der Waals surface area contributed by atoms with Crippen LogP contribution in [0.1, 0.15) is 24.1 Å². The predicted octanol–water partition coefficient (Wildman–Crippen LogP) is 2.77. The maximum Gasteiger partial charge on any atom is 0.216 e. The molecule has 1 aliphatic heterocycles. The SMILES string of the molecule is CC1(C)C=C(S(=O)(=O)C(Cl)c2c(F)cccc2F)NO1. The van der Waals surface area contributed by atoms with Crippen molar-refractivity contribution in [1.82, 2.24) is 5.48 Å². The first-order valence-electron chi connectivity index (χ1n) is 5.64. The molecule has 0 aromatic heterocycles. The zero-order chi connectivity index (χ0) is 15.1. The smallest absolute Gasteiger partial charge is 0.216 e. The van der Waals surface area contributed by atoms with Crippen molar-refractivity contribution in [2.75, 3.05) is 0 Å². The monoisotopic (exact) mass is 323 g/mol. The fourth-order valence-corrected chi connectivity index (χ4v) is 3.55. The summed E-state index contributed by atoms with van der Waals surface area (Å²) >= 11 is 5.78. The molecule has 2 rings (SSSR count). The summed E-state index contributed by atoms with van der Waals surface area (Å²) in [6, 6.07) is 3.02. The average molecular weight is 324 g/mol. The third-order valence-corrected chi connectivity index (χ3v) is 5.22. The number of benzene rings is 1. The lowest BCUT2D eigenvalue weighted by Gasteiger charge is -2.14. The van der Waals surface area contributed by atoms with Crippen LogP contribution in [0.15, 0.2) is 29.3 Å². The van der Waals surface area contributed by atoms with Gasteiger partial charge in [-0.2, -0.15) is 0 Å². The van der Waals surface area contributed by atoms with Crippen molar-refractivity contribution in [3.8, 4) is 0 Å². The van der Waals surface area contributed by atoms with E-state index >= 15 is 0 Å². The standard InChI is InChI=1S/C12H12ClF2NO3S/c1-12(2)6-9(16-19-12)20(17,18)11(13)10-7(14)4-3-5-8(10)15/h3-6,11,16H,1-2H3. The molecule has 0 bridgehead atoms. The number of nitrogens with one attached hydrogen (secondary N) is 1. The van der Waals surface area contributed by atoms with Gasteiger partial charge in [-0.25, -0.2) is 17.2 Å². The summed E-state index contributed by atoms with van der Waals surface area (Å²) in [5, 5.41) is -0.315. The molecule has 8 heteroatoms. The van der Waals surface area contributed by atoms with Crippen LogP contribution in [0, 0.1) is 11.6 Å². The van der Waals surface area contributed by atoms with Crippen LogP contribution >= 0.6 is 11.6 Å². The van der Waals surface area contributed by atoms with Gasteiger partial charge in [-0.15, -0.1) is 0 Å². The highest BCUT2D eigenvalue weighted by atomic mass is 35.5. The van der Waals surface area contributed by atoms with Gasteiger partial charge in [-0.1, -0.05) is 17.7 Å². The Kier molecular flexibility index (Phi) is 3.79. The Morgan fingerprint density at radius 3 is 2.30 bits per heavy atom. The molecule has 0 fully saturated rings. The minimum atomic E-state index is -4.20. The normalized spacial score (nSPS) is 19.4. The van der Waals surface area contributed by atoms with E-state index in [-0.39, 0.29) is 5.03 Å². The van der Waals surface area contributed by atoms with E-state index in [0.717, 1.165) is 18.2 Å². The molecule has 4 nitrogen and oxygen atoms in total. The predicted molar refractivity (Wildman–Crippen MR) is 70.3 cm³/mol. The Hall–Kier alpha value is -1.18. The van der Waals surface area contributed by atoms with Gasteiger partial charge in [0.1, 0.15) is 17.2 Å². The van der Waals surface area contributed by atoms with E-state index in [0.29, 0.717) is 0 Å². The van der Waals surface area contributed by atoms with Gasteiger partial charge in [-0.3, -0.25) is 10.3 Å². The lowest BCUT2D eigenvalue weighted by atomic mass is 10.1. The number of hydrogen-bond acceptors (Lipinski definition) is 4. The van der Waals surface area contributed by atoms with E-state index in [1.807, 2.05) is 0 Å². The van der Waals surface area contributed by atoms with Crippen molar-refractivity contribution in [3.05, 3.63) is 46.5 Å². The second-order valence-corrected chi connectivity index (χ2v) is 7.51. The van der Waals surface area contributed by atoms with Crippen LogP contribution < -0.4 is 5.48 Å². The average Bonchev–Trinajstić information content (AvgIpc) is 2.70. The first-order valence-corrected chi connectivity index (χ1v) is 7.62. The van der Waals surface area contributed by atoms with Crippen molar-refractivity contribution >= 4 is 21.4 Å². The maximum atomic E-state index is 13.6. The zero-order valence-corrected chi connectivity index (χ0v) is 12.2. The van der Waals surface area contributed by atoms with Gasteiger partial charge >= 0.3 is 0 Å². The molecule has 20 heavy (non-hydrogen) atoms. The molecule has 1 aromatic rings. The molecule has 0 radical (unpaired) electrons. The lowest BCUT2D eigenvalue weighted by molar-refractivity contribution is -0.0129. The maximum absolute atomic E-state index is 13.6. The van der Waals surface area contributed by atoms with Gasteiger partial charge in [0.15, 0.2) is 9.74 Å². The van der Waals surface area contributed by atoms with Crippen molar-refractivity contribution < 1.29 is 22.0 Å². The van der Waals surface area contributed by atoms with Crippen molar-refractivity contribution in [2.24, 2.45) is 0 Å². The molecule has 0 amide bonds. The van der Waals surface area contributed by atoms with E-state index in [1.54, 1.807) is 13.8 Å². The first kappa shape index (κ1) is 15.2. The third-order valence-electron chi connectivity index (χ3n) is 2.70. The summed E-state index contributed by atoms with van der Waals surface area (Å²) < 4.78 is 49.8. The Bertz CT molecular complexity index is 653. The Morgan fingerprint density at radius 2 is 1.85 bits per heavy atom. The summed E-state index contributed by atoms with van der Waals surface area (Å²) in [5.41, 5.74) is 0.659. The van der Waals surface area contributed by atoms with E-state index in [2.05, 4.69) is 5.48 Å². The van der Waals surface area contributed by atoms with Crippen LogP contribution in [-0.2, 0) is 14.7 Å². The fraction of sp³-hybridized carbons (Fsp3) is 0.333. The molecule has 0 spiro atoms. The number of halogens is 3. The molecule has 1 N–H and O–H groups in total. The van der Waals surface area contributed by atoms with Crippen molar-refractivity contribution in [3.63, 3.8) is 0 Å². The lowest BCUT2D eigenvalue weighted by Crippen LogP contribution is -2.23. The molecule has 0 saturated heterocycles. The molecule has 0 saturated carbocycles. The highest BCUT2D eigenvalue weighted by Crippen LogP contribution is 2.36. The van der Waals surface area contributed by atoms with Gasteiger partial charge in [-0.05, 0) is 32.1 Å². The molecular formula is C12H12ClF2NO3S.